The second-order valence-corrected chi connectivity index (χ2v) is 4.03. The van der Waals surface area contributed by atoms with Gasteiger partial charge in [-0.1, -0.05) is 11.3 Å². The smallest absolute Gasteiger partial charge is 0.328 e. The van der Waals surface area contributed by atoms with Gasteiger partial charge in [-0.2, -0.15) is 0 Å². The molecule has 0 aliphatic carbocycles. The van der Waals surface area contributed by atoms with Crippen molar-refractivity contribution in [2.75, 3.05) is 0 Å². The molecule has 0 aliphatic heterocycles. The molecule has 0 radical (unpaired) electrons. The quantitative estimate of drug-likeness (QED) is 0.840. The first-order valence-corrected chi connectivity index (χ1v) is 5.73. The molecule has 1 N–H and O–H groups in total. The number of carboxylic acids is 1. The predicted octanol–water partition coefficient (Wildman–Crippen LogP) is 1.63. The second-order valence-electron chi connectivity index (χ2n) is 4.03. The van der Waals surface area contributed by atoms with Crippen molar-refractivity contribution in [1.82, 2.24) is 15.0 Å². The Kier molecular flexibility index (Phi) is 4.09. The molecule has 0 unspecified atom stereocenters. The number of halogens is 1. The molecule has 1 heterocycles. The van der Waals surface area contributed by atoms with E-state index in [1.54, 1.807) is 19.3 Å². The van der Waals surface area contributed by atoms with Crippen LogP contribution in [-0.4, -0.2) is 26.1 Å². The molecule has 0 fully saturated rings. The van der Waals surface area contributed by atoms with Crippen LogP contribution in [0.15, 0.2) is 30.5 Å². The van der Waals surface area contributed by atoms with Gasteiger partial charge in [0, 0.05) is 13.1 Å². The van der Waals surface area contributed by atoms with Crippen LogP contribution >= 0.6 is 0 Å². The largest absolute Gasteiger partial charge is 0.484 e. The standard InChI is InChI=1S/C13H12FN3O3/c1-17-7-10(15-16-17)8-20-12-4-2-9(6-11(12)14)3-5-13(18)19/h2-7H,8H2,1H3,(H,18,19)/b5-3+. The molecule has 0 bridgehead atoms. The third kappa shape index (κ3) is 3.64. The highest BCUT2D eigenvalue weighted by molar-refractivity contribution is 5.85. The highest BCUT2D eigenvalue weighted by Crippen LogP contribution is 2.20. The van der Waals surface area contributed by atoms with Crippen LogP contribution in [-0.2, 0) is 18.4 Å². The van der Waals surface area contributed by atoms with Crippen molar-refractivity contribution in [1.29, 1.82) is 0 Å². The monoisotopic (exact) mass is 277 g/mol. The number of aliphatic carboxylic acids is 1. The van der Waals surface area contributed by atoms with Crippen LogP contribution in [0.2, 0.25) is 0 Å². The Morgan fingerprint density at radius 1 is 1.55 bits per heavy atom. The Morgan fingerprint density at radius 2 is 2.35 bits per heavy atom. The van der Waals surface area contributed by atoms with Gasteiger partial charge < -0.3 is 9.84 Å². The van der Waals surface area contributed by atoms with E-state index in [9.17, 15) is 9.18 Å². The van der Waals surface area contributed by atoms with Gasteiger partial charge in [0.25, 0.3) is 0 Å². The van der Waals surface area contributed by atoms with E-state index in [2.05, 4.69) is 10.3 Å². The summed E-state index contributed by atoms with van der Waals surface area (Å²) >= 11 is 0. The van der Waals surface area contributed by atoms with Crippen molar-refractivity contribution in [3.05, 3.63) is 47.5 Å². The van der Waals surface area contributed by atoms with Gasteiger partial charge in [-0.3, -0.25) is 4.68 Å². The topological polar surface area (TPSA) is 77.2 Å². The summed E-state index contributed by atoms with van der Waals surface area (Å²) in [5.41, 5.74) is 1.03. The third-order valence-electron chi connectivity index (χ3n) is 2.40. The summed E-state index contributed by atoms with van der Waals surface area (Å²) in [5.74, 6) is -1.59. The Labute approximate surface area is 114 Å². The summed E-state index contributed by atoms with van der Waals surface area (Å²) in [6.07, 6.45) is 3.91. The number of aromatic nitrogens is 3. The van der Waals surface area contributed by atoms with Crippen molar-refractivity contribution in [3.63, 3.8) is 0 Å². The van der Waals surface area contributed by atoms with E-state index in [1.165, 1.54) is 22.9 Å². The first-order valence-electron chi connectivity index (χ1n) is 5.73. The van der Waals surface area contributed by atoms with Gasteiger partial charge in [-0.15, -0.1) is 5.10 Å². The molecule has 0 spiro atoms. The molecule has 0 atom stereocenters. The van der Waals surface area contributed by atoms with Crippen LogP contribution in [0.1, 0.15) is 11.3 Å². The number of ether oxygens (including phenoxy) is 1. The molecule has 1 aromatic carbocycles. The van der Waals surface area contributed by atoms with Crippen molar-refractivity contribution >= 4 is 12.0 Å². The molecular formula is C13H12FN3O3. The summed E-state index contributed by atoms with van der Waals surface area (Å²) in [7, 11) is 1.72. The number of carboxylic acid groups (broad SMARTS) is 1. The van der Waals surface area contributed by atoms with Crippen LogP contribution in [0.25, 0.3) is 6.08 Å². The summed E-state index contributed by atoms with van der Waals surface area (Å²) in [6.45, 7) is 0.106. The molecule has 2 rings (SSSR count). The fourth-order valence-corrected chi connectivity index (χ4v) is 1.52. The predicted molar refractivity (Wildman–Crippen MR) is 68.4 cm³/mol. The van der Waals surface area contributed by atoms with Crippen LogP contribution < -0.4 is 4.74 Å². The summed E-state index contributed by atoms with van der Waals surface area (Å²) in [6, 6.07) is 4.20. The lowest BCUT2D eigenvalue weighted by atomic mass is 10.2. The Morgan fingerprint density at radius 3 is 2.95 bits per heavy atom. The van der Waals surface area contributed by atoms with E-state index in [4.69, 9.17) is 9.84 Å². The minimum atomic E-state index is -1.09. The van der Waals surface area contributed by atoms with Crippen molar-refractivity contribution in [3.8, 4) is 5.75 Å². The third-order valence-corrected chi connectivity index (χ3v) is 2.40. The molecule has 0 saturated heterocycles. The van der Waals surface area contributed by atoms with Gasteiger partial charge in [0.2, 0.25) is 0 Å². The lowest BCUT2D eigenvalue weighted by Gasteiger charge is -2.05. The molecule has 20 heavy (non-hydrogen) atoms. The zero-order chi connectivity index (χ0) is 14.5. The Bertz CT molecular complexity index is 652. The number of benzene rings is 1. The average molecular weight is 277 g/mol. The lowest BCUT2D eigenvalue weighted by Crippen LogP contribution is -1.98. The summed E-state index contributed by atoms with van der Waals surface area (Å²) in [4.78, 5) is 10.4. The maximum absolute atomic E-state index is 13.7. The van der Waals surface area contributed by atoms with Gasteiger partial charge in [-0.05, 0) is 23.8 Å². The van der Waals surface area contributed by atoms with E-state index >= 15 is 0 Å². The molecule has 0 amide bonds. The number of carbonyl (C=O) groups is 1. The van der Waals surface area contributed by atoms with Crippen molar-refractivity contribution in [2.45, 2.75) is 6.61 Å². The molecule has 104 valence electrons. The minimum absolute atomic E-state index is 0.0723. The molecule has 2 aromatic rings. The van der Waals surface area contributed by atoms with Gasteiger partial charge in [-0.25, -0.2) is 9.18 Å². The molecular weight excluding hydrogens is 265 g/mol. The Balaban J connectivity index is 2.04. The molecule has 1 aromatic heterocycles. The van der Waals surface area contributed by atoms with E-state index in [1.807, 2.05) is 0 Å². The van der Waals surface area contributed by atoms with E-state index < -0.39 is 11.8 Å². The van der Waals surface area contributed by atoms with Gasteiger partial charge in [0.1, 0.15) is 12.3 Å². The van der Waals surface area contributed by atoms with E-state index in [0.29, 0.717) is 11.3 Å². The van der Waals surface area contributed by atoms with Gasteiger partial charge >= 0.3 is 5.97 Å². The lowest BCUT2D eigenvalue weighted by molar-refractivity contribution is -0.131. The number of hydrogen-bond donors (Lipinski definition) is 1. The molecule has 0 aliphatic rings. The normalized spacial score (nSPS) is 10.9. The highest BCUT2D eigenvalue weighted by atomic mass is 19.1. The van der Waals surface area contributed by atoms with Crippen molar-refractivity contribution in [2.24, 2.45) is 7.05 Å². The van der Waals surface area contributed by atoms with Gasteiger partial charge in [0.05, 0.1) is 6.20 Å². The summed E-state index contributed by atoms with van der Waals surface area (Å²) in [5, 5.41) is 16.0. The maximum atomic E-state index is 13.7. The zero-order valence-electron chi connectivity index (χ0n) is 10.7. The highest BCUT2D eigenvalue weighted by Gasteiger charge is 2.06. The first-order chi connectivity index (χ1) is 9.54. The number of rotatable bonds is 5. The van der Waals surface area contributed by atoms with Crippen molar-refractivity contribution < 1.29 is 19.0 Å². The average Bonchev–Trinajstić information content (AvgIpc) is 2.81. The number of hydrogen-bond acceptors (Lipinski definition) is 4. The number of nitrogens with zero attached hydrogens (tertiary/aromatic N) is 3. The first kappa shape index (κ1) is 13.7. The van der Waals surface area contributed by atoms with Crippen LogP contribution in [0, 0.1) is 5.82 Å². The van der Waals surface area contributed by atoms with Crippen LogP contribution in [0.4, 0.5) is 4.39 Å². The van der Waals surface area contributed by atoms with E-state index in [-0.39, 0.29) is 12.4 Å². The molecule has 7 heteroatoms. The molecule has 6 nitrogen and oxygen atoms in total. The maximum Gasteiger partial charge on any atom is 0.328 e. The SMILES string of the molecule is Cn1cc(COc2ccc(/C=C/C(=O)O)cc2F)nn1. The van der Waals surface area contributed by atoms with E-state index in [0.717, 1.165) is 6.08 Å². The van der Waals surface area contributed by atoms with Gasteiger partial charge in [0.15, 0.2) is 11.6 Å². The fourth-order valence-electron chi connectivity index (χ4n) is 1.52. The fraction of sp³-hybridized carbons (Fsp3) is 0.154. The zero-order valence-corrected chi connectivity index (χ0v) is 10.7. The minimum Gasteiger partial charge on any atom is -0.484 e. The van der Waals surface area contributed by atoms with Crippen LogP contribution in [0.3, 0.4) is 0 Å². The van der Waals surface area contributed by atoms with Crippen LogP contribution in [0.5, 0.6) is 5.75 Å². The summed E-state index contributed by atoms with van der Waals surface area (Å²) < 4.78 is 20.5. The second kappa shape index (κ2) is 5.96. The number of aryl methyl sites for hydroxylation is 1. The molecule has 0 saturated carbocycles. The Hall–Kier alpha value is -2.70.